The maximum atomic E-state index is 2.84. The molecule has 1 aliphatic rings. The molecule has 1 rings (SSSR count). The molecule has 0 aromatic carbocycles. The van der Waals surface area contributed by atoms with Crippen LogP contribution in [0, 0.1) is 0 Å². The monoisotopic (exact) mass is 574 g/mol. The van der Waals surface area contributed by atoms with Gasteiger partial charge in [-0.1, -0.05) is 0 Å². The number of hydrogen-bond acceptors (Lipinski definition) is 2. The summed E-state index contributed by atoms with van der Waals surface area (Å²) in [6.45, 7) is 0. The topological polar surface area (TPSA) is 0 Å². The van der Waals surface area contributed by atoms with E-state index in [9.17, 15) is 0 Å². The second-order valence-corrected chi connectivity index (χ2v) is 46.1. The molecule has 0 aliphatic carbocycles. The van der Waals surface area contributed by atoms with Crippen LogP contribution >= 0.6 is 60.9 Å². The Morgan fingerprint density at radius 1 is 0.714 bits per heavy atom. The van der Waals surface area contributed by atoms with Crippen LogP contribution in [0.3, 0.4) is 0 Å². The van der Waals surface area contributed by atoms with E-state index in [0.717, 1.165) is 0 Å². The molecule has 0 atom stereocenters. The van der Waals surface area contributed by atoms with Gasteiger partial charge in [0.25, 0.3) is 0 Å². The number of thioether (sulfide) groups is 2. The average Bonchev–Trinajstić information content (AvgIpc) is 2.11. The molecular weight excluding hydrogens is 554 g/mol. The molecule has 0 unspecified atom stereocenters. The molecule has 0 spiro atoms. The van der Waals surface area contributed by atoms with Crippen LogP contribution in [0.4, 0.5) is 0 Å². The van der Waals surface area contributed by atoms with Crippen LogP contribution in [-0.4, -0.2) is 33.3 Å². The van der Waals surface area contributed by atoms with Gasteiger partial charge in [0.2, 0.25) is 0 Å². The number of hydrogen-bond donors (Lipinski definition) is 0. The van der Waals surface area contributed by atoms with Crippen LogP contribution in [0.25, 0.3) is 0 Å². The molecule has 0 amide bonds. The molecule has 5 heteroatoms. The van der Waals surface area contributed by atoms with E-state index in [4.69, 9.17) is 0 Å². The Kier molecular flexibility index (Phi) is 9.60. The van der Waals surface area contributed by atoms with Gasteiger partial charge < -0.3 is 0 Å². The summed E-state index contributed by atoms with van der Waals surface area (Å²) >= 11 is 10.0. The normalized spacial score (nSPS) is 28.4. The second kappa shape index (κ2) is 8.96. The Balaban J connectivity index is 2.24. The summed E-state index contributed by atoms with van der Waals surface area (Å²) in [5.41, 5.74) is 0. The first-order valence-electron chi connectivity index (χ1n) is 5.04. The Morgan fingerprint density at radius 3 is 1.64 bits per heavy atom. The van der Waals surface area contributed by atoms with Gasteiger partial charge in [0.15, 0.2) is 0 Å². The van der Waals surface area contributed by atoms with Gasteiger partial charge in [-0.2, -0.15) is 0 Å². The summed E-state index contributed by atoms with van der Waals surface area (Å²) in [7, 11) is -1.36. The second-order valence-electron chi connectivity index (χ2n) is 3.39. The molecule has 1 aliphatic heterocycles. The fourth-order valence-corrected chi connectivity index (χ4v) is 16.6. The molecule has 0 bridgehead atoms. The van der Waals surface area contributed by atoms with Gasteiger partial charge in [0, 0.05) is 0 Å². The molecule has 0 N–H and O–H groups in total. The molecule has 86 valence electrons. The van der Waals surface area contributed by atoms with Crippen LogP contribution in [0.2, 0.25) is 8.94 Å². The first-order chi connectivity index (χ1) is 6.71. The van der Waals surface area contributed by atoms with E-state index >= 15 is 0 Å². The molecule has 0 aromatic heterocycles. The molecule has 1 heterocycles. The fourth-order valence-electron chi connectivity index (χ4n) is 1.31. The van der Waals surface area contributed by atoms with E-state index in [1.54, 1.807) is 8.94 Å². The molecule has 1 fully saturated rings. The molecule has 0 saturated carbocycles. The van der Waals surface area contributed by atoms with E-state index in [-0.39, 0.29) is 0 Å². The summed E-state index contributed by atoms with van der Waals surface area (Å²) in [4.78, 5) is 0. The first-order valence-corrected chi connectivity index (χ1v) is 24.2. The molecule has 1 saturated heterocycles. The third kappa shape index (κ3) is 8.10. The quantitative estimate of drug-likeness (QED) is 0.298. The predicted octanol–water partition coefficient (Wildman–Crippen LogP) is 4.95. The van der Waals surface area contributed by atoms with Gasteiger partial charge >= 0.3 is 122 Å². The summed E-state index contributed by atoms with van der Waals surface area (Å²) < 4.78 is 3.17. The molecule has 0 nitrogen and oxygen atoms in total. The Labute approximate surface area is 120 Å². The molecular formula is C9H18I2S2Te. The van der Waals surface area contributed by atoms with Crippen molar-refractivity contribution in [3.05, 3.63) is 0 Å². The summed E-state index contributed by atoms with van der Waals surface area (Å²) in [6, 6.07) is 0. The zero-order valence-corrected chi connectivity index (χ0v) is 16.6. The van der Waals surface area contributed by atoms with Crippen LogP contribution in [0.15, 0.2) is 0 Å². The molecule has 14 heavy (non-hydrogen) atoms. The van der Waals surface area contributed by atoms with Gasteiger partial charge in [-0.3, -0.25) is 0 Å². The van der Waals surface area contributed by atoms with E-state index in [1.165, 1.54) is 42.3 Å². The van der Waals surface area contributed by atoms with E-state index in [0.29, 0.717) is 0 Å². The van der Waals surface area contributed by atoms with Crippen LogP contribution < -0.4 is 0 Å². The van der Waals surface area contributed by atoms with Crippen LogP contribution in [0.5, 0.6) is 0 Å². The van der Waals surface area contributed by atoms with Gasteiger partial charge in [0.05, 0.1) is 0 Å². The Bertz CT molecular complexity index is 142. The van der Waals surface area contributed by atoms with Crippen LogP contribution in [0.1, 0.15) is 19.3 Å². The van der Waals surface area contributed by atoms with Crippen molar-refractivity contribution < 1.29 is 0 Å². The summed E-state index contributed by atoms with van der Waals surface area (Å²) in [6.07, 6.45) is 4.41. The number of rotatable bonds is 0. The zero-order chi connectivity index (χ0) is 10.3. The standard InChI is InChI=1S/C9H18I2S2Te/c10-14(11)8-2-6-12-4-1-5-13-7-3-9-14/h1-9H2. The number of halogens is 2. The predicted molar refractivity (Wildman–Crippen MR) is 91.9 cm³/mol. The van der Waals surface area contributed by atoms with Crippen molar-refractivity contribution in [1.82, 2.24) is 0 Å². The minimum absolute atomic E-state index is 1.36. The SMILES string of the molecule is I[Te]1(I)CCCSCCCSCCC1. The van der Waals surface area contributed by atoms with Gasteiger partial charge in [-0.15, -0.1) is 0 Å². The van der Waals surface area contributed by atoms with Crippen molar-refractivity contribution in [2.75, 3.05) is 23.0 Å². The average molecular weight is 572 g/mol. The zero-order valence-electron chi connectivity index (χ0n) is 8.34. The maximum absolute atomic E-state index is 2.84. The summed E-state index contributed by atoms with van der Waals surface area (Å²) in [5.74, 6) is 5.64. The van der Waals surface area contributed by atoms with Crippen molar-refractivity contribution in [3.63, 3.8) is 0 Å². The van der Waals surface area contributed by atoms with Crippen molar-refractivity contribution in [1.29, 1.82) is 0 Å². The minimum atomic E-state index is -1.36. The van der Waals surface area contributed by atoms with Gasteiger partial charge in [0.1, 0.15) is 0 Å². The fraction of sp³-hybridized carbons (Fsp3) is 1.00. The third-order valence-electron chi connectivity index (χ3n) is 2.04. The van der Waals surface area contributed by atoms with Crippen molar-refractivity contribution in [2.45, 2.75) is 28.2 Å². The Hall–Kier alpha value is 2.95. The van der Waals surface area contributed by atoms with Crippen LogP contribution in [-0.2, 0) is 0 Å². The van der Waals surface area contributed by atoms with E-state index in [1.807, 2.05) is 0 Å². The van der Waals surface area contributed by atoms with E-state index in [2.05, 4.69) is 60.9 Å². The van der Waals surface area contributed by atoms with Gasteiger partial charge in [-0.25, -0.2) is 0 Å². The first kappa shape index (κ1) is 15.0. The van der Waals surface area contributed by atoms with Gasteiger partial charge in [-0.05, 0) is 0 Å². The van der Waals surface area contributed by atoms with E-state index < -0.39 is 10.3 Å². The summed E-state index contributed by atoms with van der Waals surface area (Å²) in [5, 5.41) is 0. The molecule has 0 aromatic rings. The van der Waals surface area contributed by atoms with Crippen molar-refractivity contribution in [2.24, 2.45) is 0 Å². The van der Waals surface area contributed by atoms with Crippen molar-refractivity contribution >= 4 is 71.2 Å². The third-order valence-corrected chi connectivity index (χ3v) is 21.2. The van der Waals surface area contributed by atoms with Crippen molar-refractivity contribution in [3.8, 4) is 0 Å². The Morgan fingerprint density at radius 2 is 1.14 bits per heavy atom. The molecule has 0 radical (unpaired) electrons.